The number of ether oxygens (including phenoxy) is 2. The zero-order valence-electron chi connectivity index (χ0n) is 22.7. The highest BCUT2D eigenvalue weighted by Gasteiger charge is 2.28. The molecule has 1 amide bonds. The SMILES string of the molecule is CCOc1cc(C=NNC(=O)CN(c2cc(Cl)ccc2C)S(=O)(=O)c2ccccc2)ccc1OCc1ccccc1. The van der Waals surface area contributed by atoms with E-state index in [9.17, 15) is 13.2 Å². The highest BCUT2D eigenvalue weighted by molar-refractivity contribution is 7.92. The Kier molecular flexibility index (Phi) is 10.00. The highest BCUT2D eigenvalue weighted by Crippen LogP contribution is 2.30. The number of aryl methyl sites for hydroxylation is 1. The normalized spacial score (nSPS) is 11.3. The van der Waals surface area contributed by atoms with Gasteiger partial charge < -0.3 is 9.47 Å². The van der Waals surface area contributed by atoms with Crippen LogP contribution < -0.4 is 19.2 Å². The van der Waals surface area contributed by atoms with Gasteiger partial charge >= 0.3 is 0 Å². The van der Waals surface area contributed by atoms with E-state index in [1.165, 1.54) is 24.4 Å². The maximum atomic E-state index is 13.5. The van der Waals surface area contributed by atoms with Crippen LogP contribution in [0.15, 0.2) is 107 Å². The molecule has 4 aromatic rings. The first kappa shape index (κ1) is 29.6. The molecule has 41 heavy (non-hydrogen) atoms. The number of halogens is 1. The molecule has 0 heterocycles. The molecule has 0 aliphatic carbocycles. The molecule has 0 fully saturated rings. The summed E-state index contributed by atoms with van der Waals surface area (Å²) in [6.45, 7) is 3.94. The Labute approximate surface area is 245 Å². The van der Waals surface area contributed by atoms with E-state index >= 15 is 0 Å². The molecule has 0 bridgehead atoms. The van der Waals surface area contributed by atoms with Gasteiger partial charge in [0.1, 0.15) is 13.2 Å². The van der Waals surface area contributed by atoms with Gasteiger partial charge in [-0.2, -0.15) is 5.10 Å². The molecule has 0 radical (unpaired) electrons. The topological polar surface area (TPSA) is 97.3 Å². The van der Waals surface area contributed by atoms with Crippen LogP contribution in [0, 0.1) is 6.92 Å². The summed E-state index contributed by atoms with van der Waals surface area (Å²) in [5.74, 6) is 0.485. The van der Waals surface area contributed by atoms with Crippen molar-refractivity contribution in [3.8, 4) is 11.5 Å². The summed E-state index contributed by atoms with van der Waals surface area (Å²) in [4.78, 5) is 13.0. The largest absolute Gasteiger partial charge is 0.490 e. The van der Waals surface area contributed by atoms with Crippen molar-refractivity contribution in [2.75, 3.05) is 17.5 Å². The molecule has 8 nitrogen and oxygen atoms in total. The fraction of sp³-hybridized carbons (Fsp3) is 0.161. The minimum absolute atomic E-state index is 0.0497. The van der Waals surface area contributed by atoms with Crippen molar-refractivity contribution in [3.05, 3.63) is 119 Å². The van der Waals surface area contributed by atoms with Crippen molar-refractivity contribution < 1.29 is 22.7 Å². The third-order valence-corrected chi connectivity index (χ3v) is 7.97. The summed E-state index contributed by atoms with van der Waals surface area (Å²) in [5, 5.41) is 4.38. The lowest BCUT2D eigenvalue weighted by Crippen LogP contribution is -2.40. The van der Waals surface area contributed by atoms with Crippen molar-refractivity contribution in [1.29, 1.82) is 0 Å². The molecular weight excluding hydrogens is 562 g/mol. The fourth-order valence-electron chi connectivity index (χ4n) is 3.94. The summed E-state index contributed by atoms with van der Waals surface area (Å²) >= 11 is 6.18. The van der Waals surface area contributed by atoms with Gasteiger partial charge in [0.2, 0.25) is 0 Å². The minimum Gasteiger partial charge on any atom is -0.490 e. The minimum atomic E-state index is -4.08. The van der Waals surface area contributed by atoms with E-state index in [0.29, 0.717) is 46.5 Å². The number of nitrogens with zero attached hydrogens (tertiary/aromatic N) is 2. The number of rotatable bonds is 12. The first-order valence-corrected chi connectivity index (χ1v) is 14.7. The van der Waals surface area contributed by atoms with Gasteiger partial charge in [-0.05, 0) is 73.0 Å². The van der Waals surface area contributed by atoms with E-state index in [1.807, 2.05) is 37.3 Å². The second kappa shape index (κ2) is 13.8. The Morgan fingerprint density at radius 2 is 1.63 bits per heavy atom. The number of amides is 1. The average molecular weight is 592 g/mol. The molecule has 0 saturated heterocycles. The number of hydrogen-bond donors (Lipinski definition) is 1. The van der Waals surface area contributed by atoms with Gasteiger partial charge in [-0.25, -0.2) is 13.8 Å². The Morgan fingerprint density at radius 1 is 0.927 bits per heavy atom. The van der Waals surface area contributed by atoms with Crippen LogP contribution in [0.1, 0.15) is 23.6 Å². The van der Waals surface area contributed by atoms with Crippen LogP contribution in [0.3, 0.4) is 0 Å². The molecule has 4 aromatic carbocycles. The second-order valence-electron chi connectivity index (χ2n) is 8.96. The van der Waals surface area contributed by atoms with E-state index in [1.54, 1.807) is 55.5 Å². The Bertz CT molecular complexity index is 1610. The molecule has 0 saturated carbocycles. The van der Waals surface area contributed by atoms with Crippen molar-refractivity contribution in [2.24, 2.45) is 5.10 Å². The molecule has 0 unspecified atom stereocenters. The molecule has 0 spiro atoms. The number of carbonyl (C=O) groups is 1. The van der Waals surface area contributed by atoms with Crippen molar-refractivity contribution in [2.45, 2.75) is 25.3 Å². The average Bonchev–Trinajstić information content (AvgIpc) is 2.98. The van der Waals surface area contributed by atoms with Gasteiger partial charge in [0.15, 0.2) is 11.5 Å². The molecular formula is C31H30ClN3O5S. The number of hydrazone groups is 1. The molecule has 4 rings (SSSR count). The van der Waals surface area contributed by atoms with Crippen molar-refractivity contribution in [3.63, 3.8) is 0 Å². The number of hydrogen-bond acceptors (Lipinski definition) is 6. The third-order valence-electron chi connectivity index (χ3n) is 5.97. The maximum absolute atomic E-state index is 13.5. The highest BCUT2D eigenvalue weighted by atomic mass is 35.5. The molecule has 0 aliphatic heterocycles. The molecule has 0 atom stereocenters. The lowest BCUT2D eigenvalue weighted by molar-refractivity contribution is -0.119. The predicted molar refractivity (Wildman–Crippen MR) is 161 cm³/mol. The summed E-state index contributed by atoms with van der Waals surface area (Å²) in [5.41, 5.74) is 5.04. The molecule has 10 heteroatoms. The quantitative estimate of drug-likeness (QED) is 0.162. The summed E-state index contributed by atoms with van der Waals surface area (Å²) in [6.07, 6.45) is 1.45. The van der Waals surface area contributed by atoms with Crippen LogP contribution in [0.2, 0.25) is 5.02 Å². The van der Waals surface area contributed by atoms with Crippen LogP contribution in [0.5, 0.6) is 11.5 Å². The standard InChI is InChI=1S/C31H30ClN3O5S/c1-3-39-30-18-25(15-17-29(30)40-22-24-10-6-4-7-11-24)20-33-34-31(36)21-35(28-19-26(32)16-14-23(28)2)41(37,38)27-12-8-5-9-13-27/h4-20H,3,21-22H2,1-2H3,(H,34,36). The van der Waals surface area contributed by atoms with Crippen molar-refractivity contribution >= 4 is 39.4 Å². The number of nitrogens with one attached hydrogen (secondary N) is 1. The van der Waals surface area contributed by atoms with Crippen LogP contribution in [0.25, 0.3) is 0 Å². The Balaban J connectivity index is 1.49. The molecule has 0 aliphatic rings. The predicted octanol–water partition coefficient (Wildman–Crippen LogP) is 5.97. The fourth-order valence-corrected chi connectivity index (χ4v) is 5.61. The van der Waals surface area contributed by atoms with Gasteiger partial charge in [0.05, 0.1) is 23.4 Å². The lowest BCUT2D eigenvalue weighted by atomic mass is 10.2. The molecule has 212 valence electrons. The van der Waals surface area contributed by atoms with Gasteiger partial charge in [0, 0.05) is 5.02 Å². The van der Waals surface area contributed by atoms with Crippen LogP contribution in [-0.2, 0) is 21.4 Å². The Hall–Kier alpha value is -4.34. The van der Waals surface area contributed by atoms with Gasteiger partial charge in [-0.1, -0.05) is 66.2 Å². The summed E-state index contributed by atoms with van der Waals surface area (Å²) < 4.78 is 39.8. The van der Waals surface area contributed by atoms with Gasteiger partial charge in [-0.15, -0.1) is 0 Å². The lowest BCUT2D eigenvalue weighted by Gasteiger charge is -2.25. The zero-order valence-corrected chi connectivity index (χ0v) is 24.2. The van der Waals surface area contributed by atoms with Crippen LogP contribution >= 0.6 is 11.6 Å². The zero-order chi connectivity index (χ0) is 29.2. The van der Waals surface area contributed by atoms with Crippen LogP contribution in [-0.4, -0.2) is 33.7 Å². The maximum Gasteiger partial charge on any atom is 0.264 e. The first-order chi connectivity index (χ1) is 19.8. The first-order valence-electron chi connectivity index (χ1n) is 12.9. The number of benzene rings is 4. The monoisotopic (exact) mass is 591 g/mol. The second-order valence-corrected chi connectivity index (χ2v) is 11.3. The Morgan fingerprint density at radius 3 is 2.34 bits per heavy atom. The van der Waals surface area contributed by atoms with E-state index in [2.05, 4.69) is 10.5 Å². The van der Waals surface area contributed by atoms with E-state index < -0.39 is 22.5 Å². The van der Waals surface area contributed by atoms with Crippen molar-refractivity contribution in [1.82, 2.24) is 5.43 Å². The van der Waals surface area contributed by atoms with Crippen LogP contribution in [0.4, 0.5) is 5.69 Å². The van der Waals surface area contributed by atoms with Gasteiger partial charge in [-0.3, -0.25) is 9.10 Å². The molecule has 1 N–H and O–H groups in total. The smallest absolute Gasteiger partial charge is 0.264 e. The van der Waals surface area contributed by atoms with E-state index in [4.69, 9.17) is 21.1 Å². The number of anilines is 1. The van der Waals surface area contributed by atoms with Gasteiger partial charge in [0.25, 0.3) is 15.9 Å². The summed E-state index contributed by atoms with van der Waals surface area (Å²) in [6, 6.07) is 27.9. The third kappa shape index (κ3) is 7.87. The summed E-state index contributed by atoms with van der Waals surface area (Å²) in [7, 11) is -4.08. The number of carbonyl (C=O) groups excluding carboxylic acids is 1. The number of sulfonamides is 1. The molecule has 0 aromatic heterocycles. The van der Waals surface area contributed by atoms with E-state index in [-0.39, 0.29) is 4.90 Å². The van der Waals surface area contributed by atoms with E-state index in [0.717, 1.165) is 9.87 Å².